The number of hydrogen-bond acceptors (Lipinski definition) is 8. The van der Waals surface area contributed by atoms with E-state index in [1.165, 1.54) is 25.5 Å². The van der Waals surface area contributed by atoms with Gasteiger partial charge in [-0.15, -0.1) is 0 Å². The summed E-state index contributed by atoms with van der Waals surface area (Å²) in [5, 5.41) is 6.96. The molecule has 10 heteroatoms. The molecule has 176 valence electrons. The zero-order valence-corrected chi connectivity index (χ0v) is 21.0. The fourth-order valence-electron chi connectivity index (χ4n) is 3.02. The van der Waals surface area contributed by atoms with E-state index >= 15 is 0 Å². The lowest BCUT2D eigenvalue weighted by atomic mass is 10.2. The maximum absolute atomic E-state index is 12.8. The van der Waals surface area contributed by atoms with Crippen LogP contribution >= 0.6 is 0 Å². The first kappa shape index (κ1) is 24.1. The van der Waals surface area contributed by atoms with Crippen LogP contribution in [0.4, 0.5) is 11.6 Å². The number of ether oxygens (including phenoxy) is 3. The van der Waals surface area contributed by atoms with Gasteiger partial charge in [0.1, 0.15) is 5.75 Å². The fourth-order valence-corrected chi connectivity index (χ4v) is 4.16. The summed E-state index contributed by atoms with van der Waals surface area (Å²) in [7, 11) is 1.39. The number of nitrogens with one attached hydrogen (secondary N) is 2. The summed E-state index contributed by atoms with van der Waals surface area (Å²) < 4.78 is 22.2. The van der Waals surface area contributed by atoms with Gasteiger partial charge in [0.05, 0.1) is 22.3 Å². The van der Waals surface area contributed by atoms with Crippen molar-refractivity contribution in [1.29, 1.82) is 0 Å². The van der Waals surface area contributed by atoms with E-state index in [-0.39, 0.29) is 29.2 Å². The zero-order chi connectivity index (χ0) is 24.2. The molecule has 9 nitrogen and oxygen atoms in total. The topological polar surface area (TPSA) is 108 Å². The van der Waals surface area contributed by atoms with Crippen LogP contribution in [0, 0.1) is 6.92 Å². The van der Waals surface area contributed by atoms with Gasteiger partial charge < -0.3 is 29.3 Å². The highest BCUT2D eigenvalue weighted by molar-refractivity contribution is 6.88. The Labute approximate surface area is 194 Å². The Bertz CT molecular complexity index is 1120. The number of furan rings is 1. The summed E-state index contributed by atoms with van der Waals surface area (Å²) in [6, 6.07) is 9.36. The summed E-state index contributed by atoms with van der Waals surface area (Å²) in [6.45, 7) is 11.3. The highest BCUT2D eigenvalue weighted by Crippen LogP contribution is 2.33. The Morgan fingerprint density at radius 2 is 1.73 bits per heavy atom. The van der Waals surface area contributed by atoms with Crippen LogP contribution < -0.4 is 30.0 Å². The first-order valence-corrected chi connectivity index (χ1v) is 14.1. The van der Waals surface area contributed by atoms with E-state index in [0.717, 1.165) is 5.56 Å². The molecular formula is C23H30N4O5Si. The van der Waals surface area contributed by atoms with Crippen molar-refractivity contribution in [2.45, 2.75) is 33.5 Å². The van der Waals surface area contributed by atoms with Crippen molar-refractivity contribution in [3.05, 3.63) is 41.7 Å². The van der Waals surface area contributed by atoms with Crippen molar-refractivity contribution in [2.24, 2.45) is 0 Å². The molecule has 0 saturated carbocycles. The van der Waals surface area contributed by atoms with E-state index in [1.807, 2.05) is 26.0 Å². The summed E-state index contributed by atoms with van der Waals surface area (Å²) >= 11 is 0. The molecular weight excluding hydrogens is 440 g/mol. The molecule has 0 spiro atoms. The lowest BCUT2D eigenvalue weighted by Crippen LogP contribution is -2.37. The molecule has 1 amide bonds. The third kappa shape index (κ3) is 5.64. The smallest absolute Gasteiger partial charge is 0.291 e. The van der Waals surface area contributed by atoms with Crippen molar-refractivity contribution in [1.82, 2.24) is 9.97 Å². The molecule has 0 radical (unpaired) electrons. The number of rotatable bonds is 9. The first-order chi connectivity index (χ1) is 15.7. The third-order valence-electron chi connectivity index (χ3n) is 4.87. The van der Waals surface area contributed by atoms with Crippen LogP contribution in [0.15, 0.2) is 34.7 Å². The molecule has 2 heterocycles. The van der Waals surface area contributed by atoms with Crippen LogP contribution in [0.3, 0.4) is 0 Å². The molecule has 0 bridgehead atoms. The van der Waals surface area contributed by atoms with E-state index in [2.05, 4.69) is 46.3 Å². The maximum Gasteiger partial charge on any atom is 0.291 e. The van der Waals surface area contributed by atoms with E-state index in [1.54, 1.807) is 6.07 Å². The van der Waals surface area contributed by atoms with Crippen molar-refractivity contribution < 1.29 is 23.4 Å². The summed E-state index contributed by atoms with van der Waals surface area (Å²) in [4.78, 5) is 21.3. The van der Waals surface area contributed by atoms with E-state index < -0.39 is 14.0 Å². The SMILES string of the molecule is CCNc1nc(OC)c(NC(=O)c2ccc(Oc3cc([Si](C)(C)C)ccc3C)o2)c(OC)n1. The van der Waals surface area contributed by atoms with Crippen molar-refractivity contribution >= 4 is 30.8 Å². The number of hydrogen-bond donors (Lipinski definition) is 2. The van der Waals surface area contributed by atoms with Crippen LogP contribution in [0.25, 0.3) is 0 Å². The van der Waals surface area contributed by atoms with Gasteiger partial charge >= 0.3 is 0 Å². The predicted octanol–water partition coefficient (Wildman–Crippen LogP) is 4.42. The average molecular weight is 471 g/mol. The number of nitrogens with zero attached hydrogens (tertiary/aromatic N) is 2. The summed E-state index contributed by atoms with van der Waals surface area (Å²) in [6.07, 6.45) is 0. The fraction of sp³-hybridized carbons (Fsp3) is 0.348. The minimum atomic E-state index is -1.50. The number of amides is 1. The van der Waals surface area contributed by atoms with Crippen LogP contribution in [-0.2, 0) is 0 Å². The minimum absolute atomic E-state index is 0.0591. The Balaban J connectivity index is 1.81. The van der Waals surface area contributed by atoms with Gasteiger partial charge in [0.25, 0.3) is 11.9 Å². The number of benzene rings is 1. The number of carbonyl (C=O) groups is 1. The van der Waals surface area contributed by atoms with Gasteiger partial charge in [-0.05, 0) is 31.5 Å². The Morgan fingerprint density at radius 1 is 1.06 bits per heavy atom. The lowest BCUT2D eigenvalue weighted by molar-refractivity contribution is 0.0990. The molecule has 0 aliphatic rings. The number of aromatic nitrogens is 2. The molecule has 33 heavy (non-hydrogen) atoms. The summed E-state index contributed by atoms with van der Waals surface area (Å²) in [5.41, 5.74) is 1.18. The highest BCUT2D eigenvalue weighted by Gasteiger charge is 2.22. The Kier molecular flexibility index (Phi) is 7.27. The highest BCUT2D eigenvalue weighted by atomic mass is 28.3. The second kappa shape index (κ2) is 9.95. The number of carbonyl (C=O) groups excluding carboxylic acids is 1. The minimum Gasteiger partial charge on any atom is -0.479 e. The normalized spacial score (nSPS) is 11.1. The van der Waals surface area contributed by atoms with Crippen molar-refractivity contribution in [2.75, 3.05) is 31.4 Å². The van der Waals surface area contributed by atoms with E-state index in [4.69, 9.17) is 18.6 Å². The standard InChI is InChI=1S/C23H30N4O5Si/c1-8-24-23-26-21(29-3)19(22(27-23)30-4)25-20(28)16-11-12-18(31-16)32-17-13-15(33(5,6)7)10-9-14(17)2/h9-13H,8H2,1-7H3,(H,25,28)(H,24,26,27). The second-order valence-corrected chi connectivity index (χ2v) is 13.5. The van der Waals surface area contributed by atoms with Crippen LogP contribution in [0.5, 0.6) is 23.5 Å². The molecule has 3 aromatic rings. The van der Waals surface area contributed by atoms with Gasteiger partial charge in [0, 0.05) is 12.6 Å². The van der Waals surface area contributed by atoms with Crippen LogP contribution in [-0.4, -0.2) is 44.7 Å². The molecule has 2 aromatic heterocycles. The van der Waals surface area contributed by atoms with Gasteiger partial charge in [-0.25, -0.2) is 0 Å². The lowest BCUT2D eigenvalue weighted by Gasteiger charge is -2.18. The molecule has 0 aliphatic heterocycles. The molecule has 0 unspecified atom stereocenters. The van der Waals surface area contributed by atoms with Crippen molar-refractivity contribution in [3.63, 3.8) is 0 Å². The largest absolute Gasteiger partial charge is 0.479 e. The van der Waals surface area contributed by atoms with Crippen LogP contribution in [0.2, 0.25) is 19.6 Å². The number of aryl methyl sites for hydroxylation is 1. The molecule has 1 aromatic carbocycles. The van der Waals surface area contributed by atoms with Crippen LogP contribution in [0.1, 0.15) is 23.0 Å². The molecule has 0 atom stereocenters. The van der Waals surface area contributed by atoms with Gasteiger partial charge in [-0.1, -0.05) is 37.0 Å². The third-order valence-corrected chi connectivity index (χ3v) is 6.92. The number of anilines is 2. The Hall–Kier alpha value is -3.53. The molecule has 0 saturated heterocycles. The van der Waals surface area contributed by atoms with Gasteiger partial charge in [-0.3, -0.25) is 4.79 Å². The molecule has 3 rings (SSSR count). The van der Waals surface area contributed by atoms with E-state index in [9.17, 15) is 4.79 Å². The first-order valence-electron chi connectivity index (χ1n) is 10.6. The maximum atomic E-state index is 12.8. The van der Waals surface area contributed by atoms with Crippen molar-refractivity contribution in [3.8, 4) is 23.5 Å². The molecule has 2 N–H and O–H groups in total. The average Bonchev–Trinajstić information content (AvgIpc) is 3.24. The summed E-state index contributed by atoms with van der Waals surface area (Å²) in [5.74, 6) is 1.10. The second-order valence-electron chi connectivity index (χ2n) is 8.38. The monoisotopic (exact) mass is 470 g/mol. The molecule has 0 fully saturated rings. The predicted molar refractivity (Wildman–Crippen MR) is 130 cm³/mol. The van der Waals surface area contributed by atoms with Gasteiger partial charge in [0.15, 0.2) is 11.4 Å². The number of methoxy groups -OCH3 is 2. The van der Waals surface area contributed by atoms with Gasteiger partial charge in [-0.2, -0.15) is 9.97 Å². The quantitative estimate of drug-likeness (QED) is 0.443. The van der Waals surface area contributed by atoms with Gasteiger partial charge in [0.2, 0.25) is 17.7 Å². The zero-order valence-electron chi connectivity index (χ0n) is 20.0. The molecule has 0 aliphatic carbocycles. The Morgan fingerprint density at radius 3 is 2.30 bits per heavy atom. The van der Waals surface area contributed by atoms with E-state index in [0.29, 0.717) is 18.2 Å².